The summed E-state index contributed by atoms with van der Waals surface area (Å²) in [6, 6.07) is 10.5. The second-order valence-corrected chi connectivity index (χ2v) is 6.35. The van der Waals surface area contributed by atoms with Crippen LogP contribution in [0, 0.1) is 0 Å². The SMILES string of the molecule is Nc1ccc(CNS(=O)(=O)c2c[nH]c3ncccc23)cc1. The third kappa shape index (κ3) is 2.74. The van der Waals surface area contributed by atoms with Gasteiger partial charge in [0.15, 0.2) is 0 Å². The summed E-state index contributed by atoms with van der Waals surface area (Å²) in [6.45, 7) is 0.204. The van der Waals surface area contributed by atoms with Crippen molar-refractivity contribution in [3.8, 4) is 0 Å². The van der Waals surface area contributed by atoms with Crippen LogP contribution in [0.1, 0.15) is 5.56 Å². The highest BCUT2D eigenvalue weighted by Gasteiger charge is 2.18. The number of nitrogens with two attached hydrogens (primary N) is 1. The number of hydrogen-bond donors (Lipinski definition) is 3. The Morgan fingerprint density at radius 2 is 1.95 bits per heavy atom. The van der Waals surface area contributed by atoms with Crippen molar-refractivity contribution in [1.82, 2.24) is 14.7 Å². The first-order valence-corrected chi connectivity index (χ1v) is 7.81. The van der Waals surface area contributed by atoms with E-state index < -0.39 is 10.0 Å². The number of benzene rings is 1. The Hall–Kier alpha value is -2.38. The molecule has 7 heteroatoms. The van der Waals surface area contributed by atoms with Gasteiger partial charge in [0.05, 0.1) is 0 Å². The summed E-state index contributed by atoms with van der Waals surface area (Å²) >= 11 is 0. The highest BCUT2D eigenvalue weighted by Crippen LogP contribution is 2.20. The van der Waals surface area contributed by atoms with Crippen molar-refractivity contribution in [3.05, 3.63) is 54.4 Å². The molecule has 108 valence electrons. The molecule has 0 aliphatic heterocycles. The number of rotatable bonds is 4. The Morgan fingerprint density at radius 1 is 1.19 bits per heavy atom. The molecule has 0 amide bonds. The van der Waals surface area contributed by atoms with E-state index in [-0.39, 0.29) is 11.4 Å². The zero-order valence-corrected chi connectivity index (χ0v) is 11.9. The van der Waals surface area contributed by atoms with E-state index in [2.05, 4.69) is 14.7 Å². The number of nitrogens with one attached hydrogen (secondary N) is 2. The Balaban J connectivity index is 1.85. The molecule has 0 bridgehead atoms. The molecule has 0 radical (unpaired) electrons. The fourth-order valence-electron chi connectivity index (χ4n) is 2.04. The predicted molar refractivity (Wildman–Crippen MR) is 81.0 cm³/mol. The number of nitrogens with zero attached hydrogens (tertiary/aromatic N) is 1. The number of aromatic amines is 1. The molecule has 6 nitrogen and oxygen atoms in total. The van der Waals surface area contributed by atoms with Gasteiger partial charge in [-0.25, -0.2) is 18.1 Å². The van der Waals surface area contributed by atoms with Crippen LogP contribution in [0.25, 0.3) is 11.0 Å². The molecule has 21 heavy (non-hydrogen) atoms. The molecule has 0 spiro atoms. The van der Waals surface area contributed by atoms with Crippen LogP contribution in [-0.2, 0) is 16.6 Å². The first-order chi connectivity index (χ1) is 10.1. The average molecular weight is 302 g/mol. The van der Waals surface area contributed by atoms with Crippen molar-refractivity contribution >= 4 is 26.7 Å². The van der Waals surface area contributed by atoms with Crippen molar-refractivity contribution in [3.63, 3.8) is 0 Å². The van der Waals surface area contributed by atoms with E-state index in [0.717, 1.165) is 5.56 Å². The number of nitrogen functional groups attached to an aromatic ring is 1. The molecular weight excluding hydrogens is 288 g/mol. The van der Waals surface area contributed by atoms with Crippen LogP contribution in [0.3, 0.4) is 0 Å². The number of anilines is 1. The highest BCUT2D eigenvalue weighted by atomic mass is 32.2. The van der Waals surface area contributed by atoms with E-state index in [4.69, 9.17) is 5.73 Å². The molecule has 1 aromatic carbocycles. The minimum atomic E-state index is -3.60. The molecule has 4 N–H and O–H groups in total. The summed E-state index contributed by atoms with van der Waals surface area (Å²) in [7, 11) is -3.60. The van der Waals surface area contributed by atoms with Crippen LogP contribution in [0.2, 0.25) is 0 Å². The van der Waals surface area contributed by atoms with Gasteiger partial charge in [0, 0.05) is 30.0 Å². The summed E-state index contributed by atoms with van der Waals surface area (Å²) in [4.78, 5) is 7.13. The third-order valence-corrected chi connectivity index (χ3v) is 4.59. The molecule has 0 aliphatic carbocycles. The van der Waals surface area contributed by atoms with E-state index in [1.807, 2.05) is 0 Å². The Labute approximate surface area is 122 Å². The van der Waals surface area contributed by atoms with E-state index in [0.29, 0.717) is 16.7 Å². The van der Waals surface area contributed by atoms with Crippen molar-refractivity contribution in [2.45, 2.75) is 11.4 Å². The smallest absolute Gasteiger partial charge is 0.243 e. The summed E-state index contributed by atoms with van der Waals surface area (Å²) in [5.41, 5.74) is 7.63. The number of aromatic nitrogens is 2. The monoisotopic (exact) mass is 302 g/mol. The minimum Gasteiger partial charge on any atom is -0.399 e. The fourth-order valence-corrected chi connectivity index (χ4v) is 3.23. The fraction of sp³-hybridized carbons (Fsp3) is 0.0714. The molecular formula is C14H14N4O2S. The van der Waals surface area contributed by atoms with Crippen molar-refractivity contribution in [2.75, 3.05) is 5.73 Å². The van der Waals surface area contributed by atoms with Crippen LogP contribution in [0.4, 0.5) is 5.69 Å². The standard InChI is InChI=1S/C14H14N4O2S/c15-11-5-3-10(4-6-11)8-18-21(19,20)13-9-17-14-12(13)2-1-7-16-14/h1-7,9,18H,8,15H2,(H,16,17). The van der Waals surface area contributed by atoms with Crippen molar-refractivity contribution in [1.29, 1.82) is 0 Å². The summed E-state index contributed by atoms with van der Waals surface area (Å²) in [6.07, 6.45) is 3.06. The molecule has 3 rings (SSSR count). The average Bonchev–Trinajstić information content (AvgIpc) is 2.91. The second-order valence-electron chi connectivity index (χ2n) is 4.62. The van der Waals surface area contributed by atoms with Gasteiger partial charge in [0.1, 0.15) is 10.5 Å². The number of pyridine rings is 1. The van der Waals surface area contributed by atoms with Crippen LogP contribution in [-0.4, -0.2) is 18.4 Å². The molecule has 0 saturated heterocycles. The lowest BCUT2D eigenvalue weighted by Gasteiger charge is -2.06. The van der Waals surface area contributed by atoms with E-state index in [9.17, 15) is 8.42 Å². The highest BCUT2D eigenvalue weighted by molar-refractivity contribution is 7.89. The van der Waals surface area contributed by atoms with Gasteiger partial charge in [-0.2, -0.15) is 0 Å². The van der Waals surface area contributed by atoms with Crippen molar-refractivity contribution < 1.29 is 8.42 Å². The summed E-state index contributed by atoms with van der Waals surface area (Å²) < 4.78 is 27.3. The zero-order chi connectivity index (χ0) is 14.9. The van der Waals surface area contributed by atoms with Crippen LogP contribution in [0.15, 0.2) is 53.7 Å². The third-order valence-electron chi connectivity index (χ3n) is 3.15. The number of sulfonamides is 1. The quantitative estimate of drug-likeness (QED) is 0.637. The topological polar surface area (TPSA) is 101 Å². The molecule has 0 fully saturated rings. The maximum atomic E-state index is 12.4. The molecule has 0 atom stereocenters. The number of H-pyrrole nitrogens is 1. The maximum absolute atomic E-state index is 12.4. The van der Waals surface area contributed by atoms with Crippen LogP contribution in [0.5, 0.6) is 0 Å². The van der Waals surface area contributed by atoms with Gasteiger partial charge in [-0.1, -0.05) is 12.1 Å². The molecule has 0 saturated carbocycles. The van der Waals surface area contributed by atoms with Gasteiger partial charge < -0.3 is 10.7 Å². The Kier molecular flexibility index (Phi) is 3.36. The first kappa shape index (κ1) is 13.6. The van der Waals surface area contributed by atoms with Gasteiger partial charge >= 0.3 is 0 Å². The van der Waals surface area contributed by atoms with Crippen LogP contribution >= 0.6 is 0 Å². The van der Waals surface area contributed by atoms with Gasteiger partial charge in [0.25, 0.3) is 0 Å². The van der Waals surface area contributed by atoms with Gasteiger partial charge in [0.2, 0.25) is 10.0 Å². The zero-order valence-electron chi connectivity index (χ0n) is 11.1. The lowest BCUT2D eigenvalue weighted by molar-refractivity contribution is 0.582. The lowest BCUT2D eigenvalue weighted by atomic mass is 10.2. The van der Waals surface area contributed by atoms with Crippen LogP contribution < -0.4 is 10.5 Å². The molecule has 2 heterocycles. The first-order valence-electron chi connectivity index (χ1n) is 6.32. The van der Waals surface area contributed by atoms with E-state index in [1.54, 1.807) is 42.6 Å². The molecule has 2 aromatic heterocycles. The maximum Gasteiger partial charge on any atom is 0.243 e. The van der Waals surface area contributed by atoms with Gasteiger partial charge in [-0.05, 0) is 29.8 Å². The summed E-state index contributed by atoms with van der Waals surface area (Å²) in [5.74, 6) is 0. The normalized spacial score (nSPS) is 11.8. The van der Waals surface area contributed by atoms with Crippen molar-refractivity contribution in [2.24, 2.45) is 0 Å². The molecule has 0 aliphatic rings. The largest absolute Gasteiger partial charge is 0.399 e. The molecule has 0 unspecified atom stereocenters. The minimum absolute atomic E-state index is 0.195. The van der Waals surface area contributed by atoms with Gasteiger partial charge in [-0.3, -0.25) is 0 Å². The molecule has 3 aromatic rings. The number of fused-ring (bicyclic) bond motifs is 1. The lowest BCUT2D eigenvalue weighted by Crippen LogP contribution is -2.23. The van der Waals surface area contributed by atoms with E-state index >= 15 is 0 Å². The number of hydrogen-bond acceptors (Lipinski definition) is 4. The summed E-state index contributed by atoms with van der Waals surface area (Å²) in [5, 5.41) is 0.572. The van der Waals surface area contributed by atoms with E-state index in [1.165, 1.54) is 6.20 Å². The second kappa shape index (κ2) is 5.19. The predicted octanol–water partition coefficient (Wildman–Crippen LogP) is 1.62. The Morgan fingerprint density at radius 3 is 2.71 bits per heavy atom. The Bertz CT molecular complexity index is 869. The van der Waals surface area contributed by atoms with Gasteiger partial charge in [-0.15, -0.1) is 0 Å².